The smallest absolute Gasteiger partial charge is 0.319 e. The van der Waals surface area contributed by atoms with Crippen LogP contribution in [0.4, 0.5) is 10.5 Å². The lowest BCUT2D eigenvalue weighted by atomic mass is 9.89. The van der Waals surface area contributed by atoms with Gasteiger partial charge in [0.25, 0.3) is 0 Å². The molecule has 1 heterocycles. The van der Waals surface area contributed by atoms with Gasteiger partial charge in [0.2, 0.25) is 5.91 Å². The summed E-state index contributed by atoms with van der Waals surface area (Å²) in [4.78, 5) is 30.3. The Morgan fingerprint density at radius 3 is 2.49 bits per heavy atom. The van der Waals surface area contributed by atoms with E-state index in [0.29, 0.717) is 18.0 Å². The molecular formula is C31H50N4O4. The van der Waals surface area contributed by atoms with Gasteiger partial charge in [-0.2, -0.15) is 0 Å². The third kappa shape index (κ3) is 8.58. The van der Waals surface area contributed by atoms with Crippen molar-refractivity contribution in [2.45, 2.75) is 103 Å². The maximum absolute atomic E-state index is 13.5. The molecule has 1 aliphatic heterocycles. The molecule has 8 heteroatoms. The van der Waals surface area contributed by atoms with Crippen molar-refractivity contribution in [3.8, 4) is 5.75 Å². The van der Waals surface area contributed by atoms with Gasteiger partial charge in [0.15, 0.2) is 0 Å². The van der Waals surface area contributed by atoms with Gasteiger partial charge < -0.3 is 30.3 Å². The molecule has 0 saturated heterocycles. The first-order chi connectivity index (χ1) is 18.8. The monoisotopic (exact) mass is 542 g/mol. The lowest BCUT2D eigenvalue weighted by Gasteiger charge is -2.35. The maximum atomic E-state index is 13.5. The van der Waals surface area contributed by atoms with Crippen molar-refractivity contribution in [3.63, 3.8) is 0 Å². The summed E-state index contributed by atoms with van der Waals surface area (Å²) < 4.78 is 6.67. The Morgan fingerprint density at radius 1 is 1.10 bits per heavy atom. The molecule has 4 rings (SSSR count). The lowest BCUT2D eigenvalue weighted by Crippen LogP contribution is -2.48. The van der Waals surface area contributed by atoms with Crippen LogP contribution < -0.4 is 15.4 Å². The van der Waals surface area contributed by atoms with Crippen molar-refractivity contribution >= 4 is 17.6 Å². The molecule has 3 amide bonds. The number of hydrogen-bond donors (Lipinski definition) is 3. The number of carbonyl (C=O) groups excluding carboxylic acids is 2. The van der Waals surface area contributed by atoms with Crippen LogP contribution in [-0.2, 0) is 11.2 Å². The highest BCUT2D eigenvalue weighted by molar-refractivity contribution is 5.90. The zero-order valence-electron chi connectivity index (χ0n) is 24.3. The van der Waals surface area contributed by atoms with Gasteiger partial charge in [-0.15, -0.1) is 0 Å². The SMILES string of the molecule is C[C@H]1CN([C@@H](C)CO)C(=O)Cc2cc(NC(=O)NC3CCCCC3)ccc2O[C@H]1CN(C)CC1CCCCC1. The molecule has 3 aliphatic rings. The van der Waals surface area contributed by atoms with Crippen LogP contribution in [0.5, 0.6) is 5.75 Å². The third-order valence-electron chi connectivity index (χ3n) is 8.90. The third-order valence-corrected chi connectivity index (χ3v) is 8.90. The van der Waals surface area contributed by atoms with Crippen LogP contribution in [0, 0.1) is 11.8 Å². The van der Waals surface area contributed by atoms with Gasteiger partial charge in [0.1, 0.15) is 11.9 Å². The summed E-state index contributed by atoms with van der Waals surface area (Å²) in [6.45, 7) is 6.32. The number of ether oxygens (including phenoxy) is 1. The molecule has 3 N–H and O–H groups in total. The molecule has 1 aromatic carbocycles. The Kier molecular flexibility index (Phi) is 10.9. The number of rotatable bonds is 8. The minimum atomic E-state index is -0.273. The highest BCUT2D eigenvalue weighted by Crippen LogP contribution is 2.30. The van der Waals surface area contributed by atoms with Gasteiger partial charge in [-0.1, -0.05) is 45.4 Å². The second-order valence-electron chi connectivity index (χ2n) is 12.4. The number of benzene rings is 1. The minimum Gasteiger partial charge on any atom is -0.488 e. The minimum absolute atomic E-state index is 0.0340. The first kappa shape index (κ1) is 29.7. The fraction of sp³-hybridized carbons (Fsp3) is 0.742. The summed E-state index contributed by atoms with van der Waals surface area (Å²) >= 11 is 0. The number of aliphatic hydroxyl groups excluding tert-OH is 1. The molecular weight excluding hydrogens is 492 g/mol. The number of fused-ring (bicyclic) bond motifs is 1. The molecule has 2 aliphatic carbocycles. The van der Waals surface area contributed by atoms with E-state index >= 15 is 0 Å². The largest absolute Gasteiger partial charge is 0.488 e. The molecule has 0 bridgehead atoms. The Labute approximate surface area is 234 Å². The standard InChI is InChI=1S/C31H50N4O4/c1-22-18-35(23(2)21-36)30(37)17-25-16-27(33-31(38)32-26-12-8-5-9-13-26)14-15-28(25)39-29(22)20-34(3)19-24-10-6-4-7-11-24/h14-16,22-24,26,29,36H,4-13,17-21H2,1-3H3,(H2,32,33,38)/t22-,23-,29-/m0/s1. The Morgan fingerprint density at radius 2 is 1.79 bits per heavy atom. The highest BCUT2D eigenvalue weighted by Gasteiger charge is 2.31. The molecule has 3 atom stereocenters. The molecule has 0 spiro atoms. The average molecular weight is 543 g/mol. The van der Waals surface area contributed by atoms with Crippen molar-refractivity contribution in [1.29, 1.82) is 0 Å². The summed E-state index contributed by atoms with van der Waals surface area (Å²) in [5.41, 5.74) is 1.41. The fourth-order valence-corrected chi connectivity index (χ4v) is 6.52. The van der Waals surface area contributed by atoms with E-state index in [-0.39, 0.29) is 49.1 Å². The number of nitrogens with zero attached hydrogens (tertiary/aromatic N) is 2. The molecule has 39 heavy (non-hydrogen) atoms. The summed E-state index contributed by atoms with van der Waals surface area (Å²) in [6, 6.07) is 5.37. The van der Waals surface area contributed by atoms with Crippen LogP contribution in [0.2, 0.25) is 0 Å². The number of carbonyl (C=O) groups is 2. The number of nitrogens with one attached hydrogen (secondary N) is 2. The first-order valence-electron chi connectivity index (χ1n) is 15.3. The van der Waals surface area contributed by atoms with Crippen LogP contribution in [0.1, 0.15) is 83.6 Å². The number of urea groups is 1. The molecule has 8 nitrogen and oxygen atoms in total. The number of likely N-dealkylation sites (N-methyl/N-ethyl adjacent to an activating group) is 1. The van der Waals surface area contributed by atoms with Gasteiger partial charge in [0.05, 0.1) is 19.1 Å². The van der Waals surface area contributed by atoms with Crippen molar-refractivity contribution in [1.82, 2.24) is 15.1 Å². The van der Waals surface area contributed by atoms with Crippen LogP contribution in [-0.4, -0.2) is 78.3 Å². The normalized spacial score (nSPS) is 24.2. The Hall–Kier alpha value is -2.32. The molecule has 218 valence electrons. The molecule has 0 radical (unpaired) electrons. The van der Waals surface area contributed by atoms with E-state index in [1.54, 1.807) is 4.90 Å². The van der Waals surface area contributed by atoms with Crippen molar-refractivity contribution < 1.29 is 19.4 Å². The van der Waals surface area contributed by atoms with Crippen LogP contribution in [0.25, 0.3) is 0 Å². The summed E-state index contributed by atoms with van der Waals surface area (Å²) in [5.74, 6) is 1.49. The van der Waals surface area contributed by atoms with Crippen molar-refractivity contribution in [2.24, 2.45) is 11.8 Å². The summed E-state index contributed by atoms with van der Waals surface area (Å²) in [7, 11) is 2.18. The Bertz CT molecular complexity index is 945. The topological polar surface area (TPSA) is 94.1 Å². The number of anilines is 1. The summed E-state index contributed by atoms with van der Waals surface area (Å²) in [6.07, 6.45) is 12.3. The van der Waals surface area contributed by atoms with Gasteiger partial charge in [-0.05, 0) is 63.8 Å². The predicted molar refractivity (Wildman–Crippen MR) is 155 cm³/mol. The van der Waals surface area contributed by atoms with Gasteiger partial charge in [0, 0.05) is 42.8 Å². The molecule has 0 unspecified atom stereocenters. The quantitative estimate of drug-likeness (QED) is 0.439. The van der Waals surface area contributed by atoms with E-state index < -0.39 is 0 Å². The highest BCUT2D eigenvalue weighted by atomic mass is 16.5. The van der Waals surface area contributed by atoms with Gasteiger partial charge in [-0.25, -0.2) is 4.79 Å². The van der Waals surface area contributed by atoms with E-state index in [9.17, 15) is 14.7 Å². The van der Waals surface area contributed by atoms with Crippen LogP contribution in [0.3, 0.4) is 0 Å². The van der Waals surface area contributed by atoms with Crippen LogP contribution >= 0.6 is 0 Å². The van der Waals surface area contributed by atoms with E-state index in [1.807, 2.05) is 25.1 Å². The summed E-state index contributed by atoms with van der Waals surface area (Å²) in [5, 5.41) is 16.0. The van der Waals surface area contributed by atoms with E-state index in [4.69, 9.17) is 4.74 Å². The predicted octanol–water partition coefficient (Wildman–Crippen LogP) is 4.80. The van der Waals surface area contributed by atoms with Crippen LogP contribution in [0.15, 0.2) is 18.2 Å². The second-order valence-corrected chi connectivity index (χ2v) is 12.4. The van der Waals surface area contributed by atoms with Crippen molar-refractivity contribution in [3.05, 3.63) is 23.8 Å². The average Bonchev–Trinajstić information content (AvgIpc) is 2.97. The molecule has 1 aromatic rings. The van der Waals surface area contributed by atoms with Gasteiger partial charge in [-0.3, -0.25) is 4.79 Å². The molecule has 2 fully saturated rings. The Balaban J connectivity index is 1.50. The zero-order valence-corrected chi connectivity index (χ0v) is 24.3. The lowest BCUT2D eigenvalue weighted by molar-refractivity contribution is -0.134. The van der Waals surface area contributed by atoms with Crippen molar-refractivity contribution in [2.75, 3.05) is 38.6 Å². The molecule has 0 aromatic heterocycles. The first-order valence-corrected chi connectivity index (χ1v) is 15.3. The van der Waals surface area contributed by atoms with E-state index in [0.717, 1.165) is 50.3 Å². The zero-order chi connectivity index (χ0) is 27.8. The fourth-order valence-electron chi connectivity index (χ4n) is 6.52. The number of hydrogen-bond acceptors (Lipinski definition) is 5. The second kappa shape index (κ2) is 14.4. The maximum Gasteiger partial charge on any atom is 0.319 e. The number of amides is 3. The van der Waals surface area contributed by atoms with E-state index in [1.165, 1.54) is 38.5 Å². The van der Waals surface area contributed by atoms with E-state index in [2.05, 4.69) is 29.5 Å². The van der Waals surface area contributed by atoms with Gasteiger partial charge >= 0.3 is 6.03 Å². The number of aliphatic hydroxyl groups is 1. The molecule has 2 saturated carbocycles.